The standard InChI is InChI=1S/C23H36O5/c1-5-8-15-25-21-19(7-3)27-17(4)20(22(21)26-16-9-6-2)28-23(24)18-13-11-10-12-14-18/h10-14,17,19-22H,5-9,15-16H2,1-4H3/t17-,19?,20+,21-,22?/m1/s1. The first-order valence-electron chi connectivity index (χ1n) is 10.8. The van der Waals surface area contributed by atoms with E-state index in [1.54, 1.807) is 12.1 Å². The average molecular weight is 393 g/mol. The van der Waals surface area contributed by atoms with Gasteiger partial charge >= 0.3 is 5.97 Å². The first kappa shape index (κ1) is 22.9. The second-order valence-electron chi connectivity index (χ2n) is 7.40. The van der Waals surface area contributed by atoms with Gasteiger partial charge in [-0.1, -0.05) is 51.8 Å². The number of esters is 1. The second-order valence-corrected chi connectivity index (χ2v) is 7.40. The maximum absolute atomic E-state index is 12.7. The number of carbonyl (C=O) groups excluding carboxylic acids is 1. The summed E-state index contributed by atoms with van der Waals surface area (Å²) < 4.78 is 24.5. The van der Waals surface area contributed by atoms with Crippen LogP contribution in [0, 0.1) is 0 Å². The molecule has 0 N–H and O–H groups in total. The van der Waals surface area contributed by atoms with Crippen LogP contribution in [0.3, 0.4) is 0 Å². The van der Waals surface area contributed by atoms with E-state index in [0.29, 0.717) is 18.8 Å². The molecule has 1 aromatic rings. The van der Waals surface area contributed by atoms with Crippen molar-refractivity contribution in [2.75, 3.05) is 13.2 Å². The minimum absolute atomic E-state index is 0.0647. The SMILES string of the molecule is CCCCOC1[C@H](OCCCC)C(CC)O[C@H](C)[C@@H]1OC(=O)c1ccccc1. The van der Waals surface area contributed by atoms with E-state index in [-0.39, 0.29) is 30.4 Å². The van der Waals surface area contributed by atoms with Crippen LogP contribution in [-0.2, 0) is 18.9 Å². The lowest BCUT2D eigenvalue weighted by Crippen LogP contribution is -2.59. The first-order chi connectivity index (χ1) is 13.6. The molecule has 5 heteroatoms. The van der Waals surface area contributed by atoms with Crippen LogP contribution in [0.2, 0.25) is 0 Å². The Morgan fingerprint density at radius 1 is 0.929 bits per heavy atom. The molecule has 1 saturated heterocycles. The van der Waals surface area contributed by atoms with E-state index in [4.69, 9.17) is 18.9 Å². The molecular weight excluding hydrogens is 356 g/mol. The number of unbranched alkanes of at least 4 members (excludes halogenated alkanes) is 2. The van der Waals surface area contributed by atoms with E-state index < -0.39 is 6.10 Å². The Hall–Kier alpha value is -1.43. The summed E-state index contributed by atoms with van der Waals surface area (Å²) in [5, 5.41) is 0. The van der Waals surface area contributed by atoms with Gasteiger partial charge in [-0.15, -0.1) is 0 Å². The monoisotopic (exact) mass is 392 g/mol. The van der Waals surface area contributed by atoms with Gasteiger partial charge in [-0.25, -0.2) is 4.79 Å². The molecule has 2 rings (SSSR count). The fraction of sp³-hybridized carbons (Fsp3) is 0.696. The number of ether oxygens (including phenoxy) is 4. The van der Waals surface area contributed by atoms with Crippen molar-refractivity contribution in [2.24, 2.45) is 0 Å². The molecule has 1 aliphatic heterocycles. The van der Waals surface area contributed by atoms with Crippen molar-refractivity contribution in [1.82, 2.24) is 0 Å². The zero-order chi connectivity index (χ0) is 20.4. The third-order valence-corrected chi connectivity index (χ3v) is 5.14. The largest absolute Gasteiger partial charge is 0.453 e. The molecule has 1 heterocycles. The van der Waals surface area contributed by atoms with Crippen LogP contribution in [0.5, 0.6) is 0 Å². The highest BCUT2D eigenvalue weighted by molar-refractivity contribution is 5.89. The van der Waals surface area contributed by atoms with Crippen LogP contribution in [0.15, 0.2) is 30.3 Å². The lowest BCUT2D eigenvalue weighted by molar-refractivity contribution is -0.243. The molecule has 1 fully saturated rings. The van der Waals surface area contributed by atoms with Gasteiger partial charge in [-0.3, -0.25) is 0 Å². The van der Waals surface area contributed by atoms with Crippen molar-refractivity contribution in [3.05, 3.63) is 35.9 Å². The normalized spacial score (nSPS) is 27.5. The van der Waals surface area contributed by atoms with E-state index in [1.807, 2.05) is 25.1 Å². The molecule has 0 bridgehead atoms. The van der Waals surface area contributed by atoms with Gasteiger partial charge < -0.3 is 18.9 Å². The van der Waals surface area contributed by atoms with Crippen LogP contribution < -0.4 is 0 Å². The highest BCUT2D eigenvalue weighted by Crippen LogP contribution is 2.30. The Kier molecular flexibility index (Phi) is 9.96. The van der Waals surface area contributed by atoms with Crippen molar-refractivity contribution in [3.63, 3.8) is 0 Å². The number of rotatable bonds is 11. The molecule has 0 aliphatic carbocycles. The summed E-state index contributed by atoms with van der Waals surface area (Å²) in [6, 6.07) is 9.05. The molecule has 1 aliphatic rings. The van der Waals surface area contributed by atoms with Crippen LogP contribution >= 0.6 is 0 Å². The zero-order valence-electron chi connectivity index (χ0n) is 17.8. The lowest BCUT2D eigenvalue weighted by Gasteiger charge is -2.45. The summed E-state index contributed by atoms with van der Waals surface area (Å²) in [5.41, 5.74) is 0.531. The van der Waals surface area contributed by atoms with Crippen molar-refractivity contribution in [1.29, 1.82) is 0 Å². The molecule has 0 aromatic heterocycles. The summed E-state index contributed by atoms with van der Waals surface area (Å²) >= 11 is 0. The summed E-state index contributed by atoms with van der Waals surface area (Å²) in [5.74, 6) is -0.354. The second kappa shape index (κ2) is 12.2. The Morgan fingerprint density at radius 2 is 1.54 bits per heavy atom. The third-order valence-electron chi connectivity index (χ3n) is 5.14. The van der Waals surface area contributed by atoms with Gasteiger partial charge in [0.1, 0.15) is 12.2 Å². The zero-order valence-corrected chi connectivity index (χ0v) is 17.8. The summed E-state index contributed by atoms with van der Waals surface area (Å²) in [6.07, 6.45) is 3.50. The molecule has 1 aromatic carbocycles. The smallest absolute Gasteiger partial charge is 0.338 e. The molecule has 5 atom stereocenters. The maximum Gasteiger partial charge on any atom is 0.338 e. The third kappa shape index (κ3) is 6.29. The molecule has 28 heavy (non-hydrogen) atoms. The van der Waals surface area contributed by atoms with Gasteiger partial charge in [-0.2, -0.15) is 0 Å². The van der Waals surface area contributed by atoms with Crippen molar-refractivity contribution in [2.45, 2.75) is 90.3 Å². The first-order valence-corrected chi connectivity index (χ1v) is 10.8. The highest BCUT2D eigenvalue weighted by atomic mass is 16.6. The van der Waals surface area contributed by atoms with Gasteiger partial charge in [0.25, 0.3) is 0 Å². The minimum Gasteiger partial charge on any atom is -0.453 e. The summed E-state index contributed by atoms with van der Waals surface area (Å²) in [6.45, 7) is 9.59. The predicted octanol–water partition coefficient (Wildman–Crippen LogP) is 4.78. The highest BCUT2D eigenvalue weighted by Gasteiger charge is 2.47. The number of hydrogen-bond acceptors (Lipinski definition) is 5. The average Bonchev–Trinajstić information content (AvgIpc) is 2.72. The van der Waals surface area contributed by atoms with Gasteiger partial charge in [0.2, 0.25) is 0 Å². The predicted molar refractivity (Wildman–Crippen MR) is 110 cm³/mol. The fourth-order valence-corrected chi connectivity index (χ4v) is 3.47. The van der Waals surface area contributed by atoms with Gasteiger partial charge in [-0.05, 0) is 38.3 Å². The maximum atomic E-state index is 12.7. The molecule has 0 saturated carbocycles. The Balaban J connectivity index is 2.18. The topological polar surface area (TPSA) is 54.0 Å². The summed E-state index contributed by atoms with van der Waals surface area (Å²) in [7, 11) is 0. The van der Waals surface area contributed by atoms with Crippen LogP contribution in [0.4, 0.5) is 0 Å². The molecular formula is C23H36O5. The molecule has 158 valence electrons. The van der Waals surface area contributed by atoms with Gasteiger partial charge in [0, 0.05) is 13.2 Å². The Labute approximate surface area is 169 Å². The minimum atomic E-state index is -0.501. The van der Waals surface area contributed by atoms with Crippen LogP contribution in [-0.4, -0.2) is 49.7 Å². The van der Waals surface area contributed by atoms with Crippen molar-refractivity contribution >= 4 is 5.97 Å². The molecule has 5 nitrogen and oxygen atoms in total. The van der Waals surface area contributed by atoms with Crippen LogP contribution in [0.25, 0.3) is 0 Å². The number of hydrogen-bond donors (Lipinski definition) is 0. The fourth-order valence-electron chi connectivity index (χ4n) is 3.47. The summed E-state index contributed by atoms with van der Waals surface area (Å²) in [4.78, 5) is 12.7. The molecule has 2 unspecified atom stereocenters. The van der Waals surface area contributed by atoms with Gasteiger partial charge in [0.05, 0.1) is 17.8 Å². The van der Waals surface area contributed by atoms with E-state index in [0.717, 1.165) is 32.1 Å². The van der Waals surface area contributed by atoms with Gasteiger partial charge in [0.15, 0.2) is 6.10 Å². The van der Waals surface area contributed by atoms with Crippen molar-refractivity contribution < 1.29 is 23.7 Å². The lowest BCUT2D eigenvalue weighted by atomic mass is 9.93. The van der Waals surface area contributed by atoms with E-state index in [1.165, 1.54) is 0 Å². The number of benzene rings is 1. The molecule has 0 spiro atoms. The van der Waals surface area contributed by atoms with Crippen LogP contribution in [0.1, 0.15) is 70.2 Å². The van der Waals surface area contributed by atoms with Crippen molar-refractivity contribution in [3.8, 4) is 0 Å². The van der Waals surface area contributed by atoms with E-state index in [2.05, 4.69) is 20.8 Å². The number of carbonyl (C=O) groups is 1. The molecule has 0 amide bonds. The van der Waals surface area contributed by atoms with E-state index >= 15 is 0 Å². The van der Waals surface area contributed by atoms with E-state index in [9.17, 15) is 4.79 Å². The Bertz CT molecular complexity index is 561. The Morgan fingerprint density at radius 3 is 2.11 bits per heavy atom. The molecule has 0 radical (unpaired) electrons. The quantitative estimate of drug-likeness (QED) is 0.401.